The fourth-order valence-electron chi connectivity index (χ4n) is 9.52. The Kier molecular flexibility index (Phi) is 7.50. The zero-order chi connectivity index (χ0) is 40.7. The van der Waals surface area contributed by atoms with Crippen LogP contribution in [-0.2, 0) is 0 Å². The van der Waals surface area contributed by atoms with Crippen molar-refractivity contribution in [3.8, 4) is 67.8 Å². The molecule has 0 radical (unpaired) electrons. The van der Waals surface area contributed by atoms with Gasteiger partial charge in [-0.3, -0.25) is 0 Å². The fourth-order valence-corrected chi connectivity index (χ4v) is 9.52. The highest BCUT2D eigenvalue weighted by Gasteiger charge is 2.24. The molecule has 0 unspecified atom stereocenters. The minimum atomic E-state index is 0.600. The Morgan fingerprint density at radius 2 is 0.823 bits per heavy atom. The molecule has 0 spiro atoms. The minimum Gasteiger partial charge on any atom is -0.308 e. The Morgan fingerprint density at radius 3 is 1.48 bits per heavy atom. The zero-order valence-electron chi connectivity index (χ0n) is 33.3. The summed E-state index contributed by atoms with van der Waals surface area (Å²) in [6.07, 6.45) is 0. The van der Waals surface area contributed by atoms with Crippen molar-refractivity contribution in [2.24, 2.45) is 0 Å². The van der Waals surface area contributed by atoms with Gasteiger partial charge in [0.05, 0.1) is 27.8 Å². The van der Waals surface area contributed by atoms with Crippen LogP contribution in [0.4, 0.5) is 0 Å². The van der Waals surface area contributed by atoms with E-state index in [9.17, 15) is 0 Å². The van der Waals surface area contributed by atoms with Crippen molar-refractivity contribution < 1.29 is 0 Å². The zero-order valence-corrected chi connectivity index (χ0v) is 33.3. The van der Waals surface area contributed by atoms with Gasteiger partial charge in [0.15, 0.2) is 17.5 Å². The molecule has 0 N–H and O–H groups in total. The number of rotatable bonds is 6. The number of pyridine rings is 1. The van der Waals surface area contributed by atoms with Crippen LogP contribution in [0, 0.1) is 0 Å². The summed E-state index contributed by atoms with van der Waals surface area (Å²) in [6.45, 7) is 0. The number of hydrogen-bond acceptors (Lipinski definition) is 4. The van der Waals surface area contributed by atoms with Crippen molar-refractivity contribution in [3.63, 3.8) is 0 Å². The highest BCUT2D eigenvalue weighted by molar-refractivity contribution is 6.24. The van der Waals surface area contributed by atoms with Gasteiger partial charge >= 0.3 is 0 Å². The quantitative estimate of drug-likeness (QED) is 0.168. The lowest BCUT2D eigenvalue weighted by Gasteiger charge is -2.12. The predicted molar refractivity (Wildman–Crippen MR) is 253 cm³/mol. The second kappa shape index (κ2) is 13.5. The van der Waals surface area contributed by atoms with Gasteiger partial charge in [-0.25, -0.2) is 19.5 Å². The molecule has 6 nitrogen and oxygen atoms in total. The Morgan fingerprint density at radius 1 is 0.323 bits per heavy atom. The smallest absolute Gasteiger partial charge is 0.164 e. The van der Waals surface area contributed by atoms with E-state index in [-0.39, 0.29) is 0 Å². The van der Waals surface area contributed by atoms with Crippen LogP contribution in [0.1, 0.15) is 0 Å². The summed E-state index contributed by atoms with van der Waals surface area (Å²) in [7, 11) is 0. The minimum absolute atomic E-state index is 0.600. The summed E-state index contributed by atoms with van der Waals surface area (Å²) in [5.41, 5.74) is 13.5. The molecule has 5 aromatic heterocycles. The van der Waals surface area contributed by atoms with Gasteiger partial charge in [-0.1, -0.05) is 170 Å². The average Bonchev–Trinajstić information content (AvgIpc) is 4.03. The fraction of sp³-hybridized carbons (Fsp3) is 0. The van der Waals surface area contributed by atoms with Gasteiger partial charge in [0.25, 0.3) is 0 Å². The van der Waals surface area contributed by atoms with Crippen molar-refractivity contribution in [2.75, 3.05) is 0 Å². The third-order valence-electron chi connectivity index (χ3n) is 12.3. The maximum atomic E-state index is 5.45. The van der Waals surface area contributed by atoms with Gasteiger partial charge in [-0.2, -0.15) is 5.10 Å². The summed E-state index contributed by atoms with van der Waals surface area (Å²) in [5, 5.41) is 12.5. The van der Waals surface area contributed by atoms with Crippen molar-refractivity contribution >= 4 is 54.4 Å². The molecule has 8 aromatic carbocycles. The van der Waals surface area contributed by atoms with Gasteiger partial charge < -0.3 is 4.40 Å². The molecule has 0 fully saturated rings. The second-order valence-corrected chi connectivity index (χ2v) is 15.9. The van der Waals surface area contributed by atoms with E-state index in [1.54, 1.807) is 0 Å². The van der Waals surface area contributed by atoms with Crippen LogP contribution >= 0.6 is 0 Å². The summed E-state index contributed by atoms with van der Waals surface area (Å²) < 4.78 is 4.53. The molecule has 5 heterocycles. The van der Waals surface area contributed by atoms with Crippen molar-refractivity contribution in [2.45, 2.75) is 0 Å². The van der Waals surface area contributed by atoms with Gasteiger partial charge in [-0.05, 0) is 47.3 Å². The summed E-state index contributed by atoms with van der Waals surface area (Å²) in [4.78, 5) is 15.8. The van der Waals surface area contributed by atoms with Crippen molar-refractivity contribution in [1.82, 2.24) is 29.0 Å². The van der Waals surface area contributed by atoms with Crippen LogP contribution in [0.15, 0.2) is 206 Å². The first-order chi connectivity index (χ1) is 30.7. The Bertz CT molecular complexity index is 3770. The molecule has 0 aliphatic heterocycles. The number of fused-ring (bicyclic) bond motifs is 9. The first kappa shape index (κ1) is 34.4. The molecule has 13 aromatic rings. The molecule has 0 amide bonds. The van der Waals surface area contributed by atoms with Crippen LogP contribution in [0.3, 0.4) is 0 Å². The molecule has 288 valence electrons. The molecule has 0 saturated heterocycles. The number of para-hydroxylation sites is 2. The first-order valence-corrected chi connectivity index (χ1v) is 20.9. The normalized spacial score (nSPS) is 11.9. The maximum absolute atomic E-state index is 5.45. The van der Waals surface area contributed by atoms with Crippen LogP contribution < -0.4 is 0 Å². The average molecular weight is 791 g/mol. The monoisotopic (exact) mass is 790 g/mol. The third-order valence-corrected chi connectivity index (χ3v) is 12.3. The Balaban J connectivity index is 1.06. The number of aromatic nitrogens is 6. The third kappa shape index (κ3) is 5.23. The van der Waals surface area contributed by atoms with E-state index in [0.717, 1.165) is 66.6 Å². The highest BCUT2D eigenvalue weighted by Crippen LogP contribution is 2.44. The number of benzene rings is 8. The predicted octanol–water partition coefficient (Wildman–Crippen LogP) is 13.8. The molecule has 0 aliphatic carbocycles. The number of nitrogens with zero attached hydrogens (tertiary/aromatic N) is 6. The summed E-state index contributed by atoms with van der Waals surface area (Å²) in [5.74, 6) is 1.84. The van der Waals surface area contributed by atoms with Crippen LogP contribution in [0.25, 0.3) is 122 Å². The lowest BCUT2D eigenvalue weighted by molar-refractivity contribution is 0.979. The van der Waals surface area contributed by atoms with Gasteiger partial charge in [0, 0.05) is 60.3 Å². The molecule has 0 aliphatic rings. The van der Waals surface area contributed by atoms with Crippen molar-refractivity contribution in [3.05, 3.63) is 206 Å². The van der Waals surface area contributed by atoms with E-state index in [2.05, 4.69) is 197 Å². The van der Waals surface area contributed by atoms with Crippen LogP contribution in [-0.4, -0.2) is 29.0 Å². The molecular weight excluding hydrogens is 757 g/mol. The van der Waals surface area contributed by atoms with Crippen LogP contribution in [0.5, 0.6) is 0 Å². The summed E-state index contributed by atoms with van der Waals surface area (Å²) in [6, 6.07) is 72.5. The van der Waals surface area contributed by atoms with Gasteiger partial charge in [0.1, 0.15) is 5.69 Å². The number of hydrogen-bond donors (Lipinski definition) is 0. The topological polar surface area (TPSA) is 60.4 Å². The maximum Gasteiger partial charge on any atom is 0.164 e. The molecule has 0 atom stereocenters. The molecule has 62 heavy (non-hydrogen) atoms. The van der Waals surface area contributed by atoms with E-state index in [4.69, 9.17) is 20.1 Å². The van der Waals surface area contributed by atoms with Gasteiger partial charge in [-0.15, -0.1) is 0 Å². The molecular formula is C56H34N6. The van der Waals surface area contributed by atoms with Crippen molar-refractivity contribution in [1.29, 1.82) is 0 Å². The van der Waals surface area contributed by atoms with E-state index in [1.165, 1.54) is 38.1 Å². The Hall–Kier alpha value is -8.48. The van der Waals surface area contributed by atoms with E-state index >= 15 is 0 Å². The second-order valence-electron chi connectivity index (χ2n) is 15.9. The van der Waals surface area contributed by atoms with E-state index in [0.29, 0.717) is 17.5 Å². The first-order valence-electron chi connectivity index (χ1n) is 20.9. The molecule has 13 rings (SSSR count). The lowest BCUT2D eigenvalue weighted by Crippen LogP contribution is -2.00. The largest absolute Gasteiger partial charge is 0.308 e. The highest BCUT2D eigenvalue weighted by atomic mass is 15.2. The SMILES string of the molecule is c1ccc(-c2nc(-c3cccc(-c4c(-c5ccccc5)nn5c(-c6ccccc6)cc6ccccc6c45)c3)nc(-c3cc4c5ccccc5n5c6ccccc6c(c3)c45)n2)cc1. The van der Waals surface area contributed by atoms with E-state index in [1.807, 2.05) is 18.2 Å². The molecule has 6 heteroatoms. The summed E-state index contributed by atoms with van der Waals surface area (Å²) >= 11 is 0. The standard InChI is InChI=1S/C56H34N6/c1-4-17-35(18-5-1)49-34-38-23-10-11-26-42(38)53-50(51(60-62(49)53)36-19-6-2-7-20-36)39-24-16-25-40(31-39)55-57-54(37-21-8-3-9-22-37)58-56(59-55)41-32-45-43-27-12-14-29-47(43)61-48-30-15-13-28-44(48)46(33-41)52(45)61/h1-34H. The van der Waals surface area contributed by atoms with Crippen LogP contribution in [0.2, 0.25) is 0 Å². The lowest BCUT2D eigenvalue weighted by atomic mass is 9.95. The van der Waals surface area contributed by atoms with Gasteiger partial charge in [0.2, 0.25) is 0 Å². The Labute approximate surface area is 356 Å². The molecule has 0 bridgehead atoms. The van der Waals surface area contributed by atoms with E-state index < -0.39 is 0 Å². The molecule has 0 saturated carbocycles.